The van der Waals surface area contributed by atoms with E-state index in [9.17, 15) is 8.42 Å². The molecule has 0 aliphatic heterocycles. The zero-order valence-electron chi connectivity index (χ0n) is 16.4. The first kappa shape index (κ1) is 19.6. The van der Waals surface area contributed by atoms with Crippen LogP contribution in [0.25, 0.3) is 5.82 Å². The van der Waals surface area contributed by atoms with Crippen LogP contribution in [-0.4, -0.2) is 27.9 Å². The number of nitrogens with one attached hydrogen (secondary N) is 2. The van der Waals surface area contributed by atoms with Crippen molar-refractivity contribution in [2.45, 2.75) is 18.7 Å². The van der Waals surface area contributed by atoms with Crippen LogP contribution in [0.5, 0.6) is 0 Å². The Morgan fingerprint density at radius 2 is 1.70 bits per heavy atom. The number of aryl methyl sites for hydroxylation is 2. The minimum atomic E-state index is -3.67. The summed E-state index contributed by atoms with van der Waals surface area (Å²) in [7, 11) is -3.67. The first-order valence-electron chi connectivity index (χ1n) is 9.18. The van der Waals surface area contributed by atoms with Gasteiger partial charge in [-0.25, -0.2) is 23.4 Å². The maximum Gasteiger partial charge on any atom is 0.262 e. The van der Waals surface area contributed by atoms with Crippen LogP contribution < -0.4 is 10.0 Å². The number of hydrogen-bond donors (Lipinski definition) is 2. The molecule has 0 aliphatic rings. The summed E-state index contributed by atoms with van der Waals surface area (Å²) in [5.74, 6) is 1.29. The van der Waals surface area contributed by atoms with E-state index in [2.05, 4.69) is 25.0 Å². The fourth-order valence-corrected chi connectivity index (χ4v) is 4.32. The quantitative estimate of drug-likeness (QED) is 0.492. The largest absolute Gasteiger partial charge is 0.340 e. The van der Waals surface area contributed by atoms with Gasteiger partial charge in [-0.3, -0.25) is 9.29 Å². The monoisotopic (exact) mass is 420 g/mol. The molecular weight excluding hydrogens is 400 g/mol. The molecule has 30 heavy (non-hydrogen) atoms. The molecule has 2 aromatic carbocycles. The summed E-state index contributed by atoms with van der Waals surface area (Å²) in [6.45, 7) is 3.64. The first-order valence-corrected chi connectivity index (χ1v) is 10.7. The summed E-state index contributed by atoms with van der Waals surface area (Å²) in [5.41, 5.74) is 2.83. The maximum atomic E-state index is 12.7. The highest BCUT2D eigenvalue weighted by molar-refractivity contribution is 7.92. The molecular formula is C21H20N6O2S. The van der Waals surface area contributed by atoms with Gasteiger partial charge in [0.15, 0.2) is 0 Å². The van der Waals surface area contributed by atoms with Crippen LogP contribution in [0, 0.1) is 13.8 Å². The Labute approximate surface area is 174 Å². The second-order valence-electron chi connectivity index (χ2n) is 6.81. The summed E-state index contributed by atoms with van der Waals surface area (Å²) in [5, 5.41) is 3.18. The van der Waals surface area contributed by atoms with Gasteiger partial charge in [-0.15, -0.1) is 0 Å². The van der Waals surface area contributed by atoms with Crippen molar-refractivity contribution < 1.29 is 8.42 Å². The van der Waals surface area contributed by atoms with E-state index in [1.54, 1.807) is 72.7 Å². The van der Waals surface area contributed by atoms with Gasteiger partial charge in [0.2, 0.25) is 0 Å². The third kappa shape index (κ3) is 4.31. The molecule has 152 valence electrons. The molecule has 0 fully saturated rings. The van der Waals surface area contributed by atoms with Crippen LogP contribution in [0.3, 0.4) is 0 Å². The Bertz CT molecular complexity index is 1270. The Morgan fingerprint density at radius 1 is 0.933 bits per heavy atom. The molecule has 2 heterocycles. The molecule has 4 rings (SSSR count). The van der Waals surface area contributed by atoms with Gasteiger partial charge in [0.25, 0.3) is 10.0 Å². The van der Waals surface area contributed by atoms with Gasteiger partial charge in [0.05, 0.1) is 4.90 Å². The summed E-state index contributed by atoms with van der Waals surface area (Å²) in [4.78, 5) is 12.7. The topological polar surface area (TPSA) is 102 Å². The standard InChI is InChI=1S/C21H20N6O2S/c1-15-3-4-16(2)19(11-15)30(28,29)26-18-7-5-17(6-8-18)25-20-12-21(24-13-23-20)27-10-9-22-14-27/h3-14,26H,1-2H3,(H,23,24,25). The molecule has 0 radical (unpaired) electrons. The summed E-state index contributed by atoms with van der Waals surface area (Å²) < 4.78 is 29.9. The van der Waals surface area contributed by atoms with E-state index in [1.165, 1.54) is 6.33 Å². The second kappa shape index (κ2) is 7.96. The van der Waals surface area contributed by atoms with Crippen molar-refractivity contribution in [3.05, 3.63) is 84.7 Å². The van der Waals surface area contributed by atoms with E-state index >= 15 is 0 Å². The van der Waals surface area contributed by atoms with Crippen LogP contribution in [0.4, 0.5) is 17.2 Å². The van der Waals surface area contributed by atoms with Crippen LogP contribution in [0.15, 0.2) is 78.5 Å². The minimum absolute atomic E-state index is 0.276. The highest BCUT2D eigenvalue weighted by atomic mass is 32.2. The zero-order chi connectivity index (χ0) is 21.1. The van der Waals surface area contributed by atoms with Gasteiger partial charge in [0, 0.05) is 29.8 Å². The van der Waals surface area contributed by atoms with E-state index in [4.69, 9.17) is 0 Å². The molecule has 0 bridgehead atoms. The molecule has 0 saturated heterocycles. The SMILES string of the molecule is Cc1ccc(C)c(S(=O)(=O)Nc2ccc(Nc3cc(-n4ccnc4)ncn3)cc2)c1. The Kier molecular flexibility index (Phi) is 5.20. The molecule has 0 aliphatic carbocycles. The molecule has 2 N–H and O–H groups in total. The average Bonchev–Trinajstić information content (AvgIpc) is 3.26. The number of sulfonamides is 1. The van der Waals surface area contributed by atoms with Gasteiger partial charge < -0.3 is 5.32 Å². The van der Waals surface area contributed by atoms with Crippen LogP contribution in [0.1, 0.15) is 11.1 Å². The number of aromatic nitrogens is 4. The van der Waals surface area contributed by atoms with Gasteiger partial charge in [-0.2, -0.15) is 0 Å². The van der Waals surface area contributed by atoms with E-state index < -0.39 is 10.0 Å². The van der Waals surface area contributed by atoms with E-state index in [-0.39, 0.29) is 4.90 Å². The third-order valence-electron chi connectivity index (χ3n) is 4.46. The normalized spacial score (nSPS) is 11.3. The third-order valence-corrected chi connectivity index (χ3v) is 5.99. The molecule has 0 amide bonds. The predicted molar refractivity (Wildman–Crippen MR) is 116 cm³/mol. The number of imidazole rings is 1. The molecule has 0 atom stereocenters. The lowest BCUT2D eigenvalue weighted by atomic mass is 10.2. The fraction of sp³-hybridized carbons (Fsp3) is 0.0952. The molecule has 0 saturated carbocycles. The Balaban J connectivity index is 1.50. The van der Waals surface area contributed by atoms with Crippen LogP contribution in [-0.2, 0) is 10.0 Å². The van der Waals surface area contributed by atoms with Crippen molar-refractivity contribution >= 4 is 27.2 Å². The second-order valence-corrected chi connectivity index (χ2v) is 8.46. The number of rotatable bonds is 6. The molecule has 2 aromatic heterocycles. The van der Waals surface area contributed by atoms with Gasteiger partial charge in [-0.1, -0.05) is 12.1 Å². The van der Waals surface area contributed by atoms with E-state index in [0.717, 1.165) is 11.3 Å². The molecule has 8 nitrogen and oxygen atoms in total. The fourth-order valence-electron chi connectivity index (χ4n) is 2.93. The van der Waals surface area contributed by atoms with Crippen molar-refractivity contribution in [2.24, 2.45) is 0 Å². The molecule has 0 spiro atoms. The number of benzene rings is 2. The highest BCUT2D eigenvalue weighted by Crippen LogP contribution is 2.23. The van der Waals surface area contributed by atoms with E-state index in [1.807, 2.05) is 13.0 Å². The van der Waals surface area contributed by atoms with E-state index in [0.29, 0.717) is 22.9 Å². The molecule has 0 unspecified atom stereocenters. The van der Waals surface area contributed by atoms with Crippen molar-refractivity contribution in [3.63, 3.8) is 0 Å². The molecule has 9 heteroatoms. The van der Waals surface area contributed by atoms with Crippen LogP contribution in [0.2, 0.25) is 0 Å². The summed E-state index contributed by atoms with van der Waals surface area (Å²) >= 11 is 0. The van der Waals surface area contributed by atoms with Crippen molar-refractivity contribution in [2.75, 3.05) is 10.0 Å². The van der Waals surface area contributed by atoms with Crippen molar-refractivity contribution in [1.82, 2.24) is 19.5 Å². The number of hydrogen-bond acceptors (Lipinski definition) is 6. The predicted octanol–water partition coefficient (Wildman–Crippen LogP) is 3.82. The molecule has 4 aromatic rings. The minimum Gasteiger partial charge on any atom is -0.340 e. The smallest absolute Gasteiger partial charge is 0.262 e. The number of anilines is 3. The lowest BCUT2D eigenvalue weighted by Crippen LogP contribution is -2.14. The average molecular weight is 420 g/mol. The van der Waals surface area contributed by atoms with Crippen molar-refractivity contribution in [3.8, 4) is 5.82 Å². The van der Waals surface area contributed by atoms with Gasteiger partial charge in [-0.05, 0) is 55.3 Å². The Hall–Kier alpha value is -3.72. The summed E-state index contributed by atoms with van der Waals surface area (Å²) in [6, 6.07) is 14.1. The highest BCUT2D eigenvalue weighted by Gasteiger charge is 2.17. The maximum absolute atomic E-state index is 12.7. The first-order chi connectivity index (χ1) is 14.4. The number of nitrogens with zero attached hydrogens (tertiary/aromatic N) is 4. The van der Waals surface area contributed by atoms with Gasteiger partial charge >= 0.3 is 0 Å². The van der Waals surface area contributed by atoms with Crippen molar-refractivity contribution in [1.29, 1.82) is 0 Å². The Morgan fingerprint density at radius 3 is 2.43 bits per heavy atom. The zero-order valence-corrected chi connectivity index (χ0v) is 17.3. The lowest BCUT2D eigenvalue weighted by molar-refractivity contribution is 0.600. The van der Waals surface area contributed by atoms with Gasteiger partial charge in [0.1, 0.15) is 24.3 Å². The lowest BCUT2D eigenvalue weighted by Gasteiger charge is -2.12. The summed E-state index contributed by atoms with van der Waals surface area (Å²) in [6.07, 6.45) is 6.59. The van der Waals surface area contributed by atoms with Crippen LogP contribution >= 0.6 is 0 Å².